The molecule has 2 N–H and O–H groups in total. The monoisotopic (exact) mass is 293 g/mol. The molecule has 0 heterocycles. The fourth-order valence-electron chi connectivity index (χ4n) is 1.96. The molecule has 0 aliphatic carbocycles. The maximum Gasteiger partial charge on any atom is 0.255 e. The van der Waals surface area contributed by atoms with Gasteiger partial charge >= 0.3 is 0 Å². The first kappa shape index (κ1) is 15.3. The summed E-state index contributed by atoms with van der Waals surface area (Å²) in [5.74, 6) is -0.496. The Labute approximate surface area is 128 Å². The number of hydrogen-bond acceptors (Lipinski definition) is 3. The van der Waals surface area contributed by atoms with E-state index in [1.165, 1.54) is 6.92 Å². The summed E-state index contributed by atoms with van der Waals surface area (Å²) in [5.41, 5.74) is 2.92. The maximum atomic E-state index is 12.3. The Bertz CT molecular complexity index is 776. The van der Waals surface area contributed by atoms with Gasteiger partial charge in [-0.3, -0.25) is 9.59 Å². The molecule has 0 bridgehead atoms. The number of carbonyl (C=O) groups is 2. The first-order valence-corrected chi connectivity index (χ1v) is 6.69. The molecule has 2 aromatic carbocycles. The lowest BCUT2D eigenvalue weighted by Crippen LogP contribution is -2.13. The normalized spacial score (nSPS) is 9.68. The molecule has 0 fully saturated rings. The predicted molar refractivity (Wildman–Crippen MR) is 84.6 cm³/mol. The maximum absolute atomic E-state index is 12.3. The van der Waals surface area contributed by atoms with Crippen molar-refractivity contribution in [3.05, 3.63) is 59.2 Å². The van der Waals surface area contributed by atoms with E-state index in [0.29, 0.717) is 22.5 Å². The highest BCUT2D eigenvalue weighted by molar-refractivity contribution is 6.05. The highest BCUT2D eigenvalue weighted by Gasteiger charge is 2.09. The largest absolute Gasteiger partial charge is 0.326 e. The third-order valence-electron chi connectivity index (χ3n) is 3.06. The smallest absolute Gasteiger partial charge is 0.255 e. The van der Waals surface area contributed by atoms with Crippen LogP contribution in [0.15, 0.2) is 42.5 Å². The molecule has 0 unspecified atom stereocenters. The lowest BCUT2D eigenvalue weighted by molar-refractivity contribution is -0.114. The molecule has 0 aliphatic rings. The molecule has 0 spiro atoms. The molecule has 0 radical (unpaired) electrons. The third-order valence-corrected chi connectivity index (χ3v) is 3.06. The molecule has 2 aromatic rings. The lowest BCUT2D eigenvalue weighted by Gasteiger charge is -2.10. The highest BCUT2D eigenvalue weighted by Crippen LogP contribution is 2.18. The molecule has 0 aliphatic heterocycles. The van der Waals surface area contributed by atoms with Crippen LogP contribution in [0.25, 0.3) is 0 Å². The Hall–Kier alpha value is -3.13. The second-order valence-corrected chi connectivity index (χ2v) is 4.86. The van der Waals surface area contributed by atoms with Gasteiger partial charge in [0.1, 0.15) is 0 Å². The molecule has 5 heteroatoms. The second-order valence-electron chi connectivity index (χ2n) is 4.86. The predicted octanol–water partition coefficient (Wildman–Crippen LogP) is 3.08. The van der Waals surface area contributed by atoms with Crippen LogP contribution < -0.4 is 10.6 Å². The number of anilines is 2. The van der Waals surface area contributed by atoms with Crippen molar-refractivity contribution in [2.24, 2.45) is 0 Å². The summed E-state index contributed by atoms with van der Waals surface area (Å²) in [6, 6.07) is 13.8. The lowest BCUT2D eigenvalue weighted by atomic mass is 10.1. The Morgan fingerprint density at radius 1 is 1.09 bits per heavy atom. The van der Waals surface area contributed by atoms with Crippen LogP contribution in [0.5, 0.6) is 0 Å². The molecular formula is C17H15N3O2. The first-order valence-electron chi connectivity index (χ1n) is 6.69. The van der Waals surface area contributed by atoms with E-state index in [4.69, 9.17) is 5.26 Å². The Morgan fingerprint density at radius 2 is 1.86 bits per heavy atom. The van der Waals surface area contributed by atoms with Gasteiger partial charge in [0.15, 0.2) is 0 Å². The fraction of sp³-hybridized carbons (Fsp3) is 0.118. The van der Waals surface area contributed by atoms with Gasteiger partial charge in [-0.1, -0.05) is 12.1 Å². The molecule has 22 heavy (non-hydrogen) atoms. The van der Waals surface area contributed by atoms with Crippen LogP contribution in [0.1, 0.15) is 28.4 Å². The quantitative estimate of drug-likeness (QED) is 0.912. The van der Waals surface area contributed by atoms with E-state index in [9.17, 15) is 9.59 Å². The minimum atomic E-state index is -0.304. The summed E-state index contributed by atoms with van der Waals surface area (Å²) in [7, 11) is 0. The average molecular weight is 293 g/mol. The second kappa shape index (κ2) is 6.55. The van der Waals surface area contributed by atoms with E-state index < -0.39 is 0 Å². The molecule has 0 atom stereocenters. The van der Waals surface area contributed by atoms with Gasteiger partial charge in [-0.15, -0.1) is 0 Å². The van der Waals surface area contributed by atoms with Crippen LogP contribution in [-0.4, -0.2) is 11.8 Å². The number of nitriles is 1. The van der Waals surface area contributed by atoms with Crippen LogP contribution in [0.2, 0.25) is 0 Å². The van der Waals surface area contributed by atoms with Gasteiger partial charge in [-0.2, -0.15) is 5.26 Å². The summed E-state index contributed by atoms with van der Waals surface area (Å²) in [4.78, 5) is 23.4. The first-order chi connectivity index (χ1) is 10.5. The van der Waals surface area contributed by atoms with Crippen molar-refractivity contribution in [2.45, 2.75) is 13.8 Å². The van der Waals surface area contributed by atoms with E-state index in [-0.39, 0.29) is 11.8 Å². The minimum Gasteiger partial charge on any atom is -0.326 e. The number of nitrogens with one attached hydrogen (secondary N) is 2. The molecule has 2 rings (SSSR count). The number of aryl methyl sites for hydroxylation is 1. The molecule has 0 aromatic heterocycles. The van der Waals surface area contributed by atoms with Gasteiger partial charge in [0.05, 0.1) is 11.6 Å². The number of hydrogen-bond donors (Lipinski definition) is 2. The van der Waals surface area contributed by atoms with Crippen LogP contribution in [0, 0.1) is 18.3 Å². The van der Waals surface area contributed by atoms with Crippen molar-refractivity contribution in [1.29, 1.82) is 5.26 Å². The standard InChI is InChI=1S/C17H15N3O2/c1-11-6-7-14(9-16(11)19-12(2)21)17(22)20-15-5-3-4-13(8-15)10-18/h3-9H,1-2H3,(H,19,21)(H,20,22). The van der Waals surface area contributed by atoms with Gasteiger partial charge in [0.2, 0.25) is 5.91 Å². The molecule has 0 saturated carbocycles. The summed E-state index contributed by atoms with van der Waals surface area (Å²) in [6.45, 7) is 3.27. The van der Waals surface area contributed by atoms with Gasteiger partial charge in [-0.05, 0) is 42.8 Å². The zero-order valence-corrected chi connectivity index (χ0v) is 12.3. The van der Waals surface area contributed by atoms with Crippen molar-refractivity contribution in [3.63, 3.8) is 0 Å². The van der Waals surface area contributed by atoms with E-state index in [0.717, 1.165) is 5.56 Å². The summed E-state index contributed by atoms with van der Waals surface area (Å²) in [5, 5.41) is 14.3. The average Bonchev–Trinajstić information content (AvgIpc) is 2.49. The van der Waals surface area contributed by atoms with Crippen LogP contribution in [0.4, 0.5) is 11.4 Å². The Balaban J connectivity index is 2.22. The van der Waals surface area contributed by atoms with Gasteiger partial charge in [-0.25, -0.2) is 0 Å². The van der Waals surface area contributed by atoms with Crippen molar-refractivity contribution in [2.75, 3.05) is 10.6 Å². The zero-order chi connectivity index (χ0) is 16.1. The van der Waals surface area contributed by atoms with Gasteiger partial charge < -0.3 is 10.6 Å². The number of nitrogens with zero attached hydrogens (tertiary/aromatic N) is 1. The zero-order valence-electron chi connectivity index (χ0n) is 12.3. The van der Waals surface area contributed by atoms with Crippen molar-refractivity contribution < 1.29 is 9.59 Å². The summed E-state index contributed by atoms with van der Waals surface area (Å²) in [6.07, 6.45) is 0. The van der Waals surface area contributed by atoms with E-state index in [1.54, 1.807) is 42.5 Å². The Morgan fingerprint density at radius 3 is 2.55 bits per heavy atom. The number of benzene rings is 2. The van der Waals surface area contributed by atoms with Gasteiger partial charge in [0.25, 0.3) is 5.91 Å². The topological polar surface area (TPSA) is 82.0 Å². The van der Waals surface area contributed by atoms with E-state index >= 15 is 0 Å². The third kappa shape index (κ3) is 3.70. The number of carbonyl (C=O) groups excluding carboxylic acids is 2. The molecular weight excluding hydrogens is 278 g/mol. The molecule has 0 saturated heterocycles. The van der Waals surface area contributed by atoms with Crippen LogP contribution in [0.3, 0.4) is 0 Å². The number of rotatable bonds is 3. The highest BCUT2D eigenvalue weighted by atomic mass is 16.2. The van der Waals surface area contributed by atoms with Crippen molar-refractivity contribution in [3.8, 4) is 6.07 Å². The molecule has 2 amide bonds. The van der Waals surface area contributed by atoms with Crippen molar-refractivity contribution >= 4 is 23.2 Å². The fourth-order valence-corrected chi connectivity index (χ4v) is 1.96. The summed E-state index contributed by atoms with van der Waals surface area (Å²) < 4.78 is 0. The van der Waals surface area contributed by atoms with E-state index in [2.05, 4.69) is 10.6 Å². The SMILES string of the molecule is CC(=O)Nc1cc(C(=O)Nc2cccc(C#N)c2)ccc1C. The van der Waals surface area contributed by atoms with Crippen molar-refractivity contribution in [1.82, 2.24) is 0 Å². The number of amides is 2. The minimum absolute atomic E-state index is 0.192. The Kier molecular flexibility index (Phi) is 4.54. The van der Waals surface area contributed by atoms with Crippen LogP contribution in [-0.2, 0) is 4.79 Å². The van der Waals surface area contributed by atoms with Gasteiger partial charge in [0, 0.05) is 23.9 Å². The summed E-state index contributed by atoms with van der Waals surface area (Å²) >= 11 is 0. The molecule has 110 valence electrons. The molecule has 5 nitrogen and oxygen atoms in total. The van der Waals surface area contributed by atoms with Crippen LogP contribution >= 0.6 is 0 Å². The van der Waals surface area contributed by atoms with E-state index in [1.807, 2.05) is 13.0 Å².